The fourth-order valence-electron chi connectivity index (χ4n) is 6.40. The van der Waals surface area contributed by atoms with E-state index in [-0.39, 0.29) is 17.9 Å². The molecular weight excluding hydrogens is 453 g/mol. The largest absolute Gasteiger partial charge is 0.350 e. The molecule has 4 aliphatic rings. The number of rotatable bonds is 7. The summed E-state index contributed by atoms with van der Waals surface area (Å²) >= 11 is 12.2. The van der Waals surface area contributed by atoms with Crippen LogP contribution in [0.1, 0.15) is 37.8 Å². The molecule has 1 N–H and O–H groups in total. The number of amides is 1. The summed E-state index contributed by atoms with van der Waals surface area (Å²) in [6.45, 7) is 6.76. The number of hydrogen-bond donors (Lipinski definition) is 1. The van der Waals surface area contributed by atoms with Crippen LogP contribution < -0.4 is 5.32 Å². The molecule has 0 radical (unpaired) electrons. The highest BCUT2D eigenvalue weighted by Crippen LogP contribution is 2.55. The van der Waals surface area contributed by atoms with Crippen molar-refractivity contribution in [3.8, 4) is 0 Å². The molecule has 3 aliphatic heterocycles. The van der Waals surface area contributed by atoms with Crippen molar-refractivity contribution >= 4 is 35.3 Å². The lowest BCUT2D eigenvalue weighted by molar-refractivity contribution is -0.132. The first kappa shape index (κ1) is 22.9. The average Bonchev–Trinajstić information content (AvgIpc) is 3.06. The Kier molecular flexibility index (Phi) is 6.28. The highest BCUT2D eigenvalue weighted by Gasteiger charge is 2.67. The zero-order valence-corrected chi connectivity index (χ0v) is 20.7. The maximum atomic E-state index is 13.9. The van der Waals surface area contributed by atoms with Crippen LogP contribution in [0.2, 0.25) is 10.0 Å². The van der Waals surface area contributed by atoms with Crippen molar-refractivity contribution in [3.63, 3.8) is 0 Å². The van der Waals surface area contributed by atoms with Gasteiger partial charge in [0.15, 0.2) is 5.54 Å². The number of carbonyl (C=O) groups is 1. The Morgan fingerprint density at radius 1 is 1.15 bits per heavy atom. The average molecular weight is 484 g/mol. The number of carbonyl (C=O) groups excluding carboxylic acids is 1. The first-order valence-corrected chi connectivity index (χ1v) is 12.7. The second-order valence-electron chi connectivity index (χ2n) is 10.3. The fraction of sp³-hybridized carbons (Fsp3) is 0.481. The number of nitrogens with zero attached hydrogens (tertiary/aromatic N) is 2. The predicted octanol–water partition coefficient (Wildman–Crippen LogP) is 5.62. The molecular formula is C27H31Cl2N3O. The molecule has 2 aromatic carbocycles. The topological polar surface area (TPSA) is 44.7 Å². The second-order valence-corrected chi connectivity index (χ2v) is 11.1. The number of nitrogens with one attached hydrogen (secondary N) is 1. The van der Waals surface area contributed by atoms with Crippen molar-refractivity contribution in [2.24, 2.45) is 28.7 Å². The van der Waals surface area contributed by atoms with Crippen molar-refractivity contribution < 1.29 is 4.79 Å². The summed E-state index contributed by atoms with van der Waals surface area (Å²) in [6, 6.07) is 16.2. The smallest absolute Gasteiger partial charge is 0.250 e. The van der Waals surface area contributed by atoms with Gasteiger partial charge < -0.3 is 5.32 Å². The van der Waals surface area contributed by atoms with Crippen LogP contribution in [0.25, 0.3) is 0 Å². The lowest BCUT2D eigenvalue weighted by Gasteiger charge is -2.51. The zero-order valence-electron chi connectivity index (χ0n) is 19.2. The van der Waals surface area contributed by atoms with Crippen LogP contribution in [0.5, 0.6) is 0 Å². The van der Waals surface area contributed by atoms with Crippen LogP contribution in [0, 0.1) is 23.7 Å². The van der Waals surface area contributed by atoms with Gasteiger partial charge >= 0.3 is 0 Å². The molecule has 0 unspecified atom stereocenters. The lowest BCUT2D eigenvalue weighted by Crippen LogP contribution is -2.65. The van der Waals surface area contributed by atoms with Gasteiger partial charge in [-0.2, -0.15) is 0 Å². The van der Waals surface area contributed by atoms with Gasteiger partial charge in [0.25, 0.3) is 0 Å². The molecule has 4 bridgehead atoms. The summed E-state index contributed by atoms with van der Waals surface area (Å²) in [5.41, 5.74) is 1.52. The number of likely N-dealkylation sites (tertiary alicyclic amines) is 1. The Bertz CT molecular complexity index is 1060. The lowest BCUT2D eigenvalue weighted by atomic mass is 9.59. The molecule has 3 heterocycles. The van der Waals surface area contributed by atoms with Gasteiger partial charge in [0, 0.05) is 37.8 Å². The molecule has 0 aromatic heterocycles. The molecule has 2 fully saturated rings. The van der Waals surface area contributed by atoms with E-state index in [1.165, 1.54) is 5.56 Å². The molecule has 2 aromatic rings. The second kappa shape index (κ2) is 9.05. The third kappa shape index (κ3) is 4.11. The first-order chi connectivity index (χ1) is 15.9. The summed E-state index contributed by atoms with van der Waals surface area (Å²) in [6.07, 6.45) is 4.26. The number of hydrogen-bond acceptors (Lipinski definition) is 3. The van der Waals surface area contributed by atoms with E-state index in [1.807, 2.05) is 12.1 Å². The van der Waals surface area contributed by atoms with Crippen molar-refractivity contribution in [1.82, 2.24) is 10.2 Å². The first-order valence-electron chi connectivity index (χ1n) is 11.9. The summed E-state index contributed by atoms with van der Waals surface area (Å²) in [5, 5.41) is 4.23. The summed E-state index contributed by atoms with van der Waals surface area (Å²) in [7, 11) is 0. The molecule has 1 aliphatic carbocycles. The van der Waals surface area contributed by atoms with Gasteiger partial charge in [0.05, 0.1) is 10.0 Å². The SMILES string of the molecule is CC(C)C[C@@H]1[C@@H]2C=N[C@@]3(C(=O)NCc4ccc(Cl)c(Cl)c4)[C@@H](C2)CN(Cc2ccccc2)[C@@H]13. The van der Waals surface area contributed by atoms with Gasteiger partial charge in [-0.3, -0.25) is 14.7 Å². The highest BCUT2D eigenvalue weighted by atomic mass is 35.5. The molecule has 1 saturated carbocycles. The van der Waals surface area contributed by atoms with Crippen LogP contribution in [0.4, 0.5) is 0 Å². The Hall–Kier alpha value is -1.88. The molecule has 1 saturated heterocycles. The zero-order chi connectivity index (χ0) is 23.2. The number of halogens is 2. The van der Waals surface area contributed by atoms with Gasteiger partial charge in [-0.05, 0) is 53.9 Å². The van der Waals surface area contributed by atoms with E-state index in [0.29, 0.717) is 34.3 Å². The van der Waals surface area contributed by atoms with Gasteiger partial charge in [-0.1, -0.05) is 73.4 Å². The monoisotopic (exact) mass is 483 g/mol. The van der Waals surface area contributed by atoms with Gasteiger partial charge in [-0.15, -0.1) is 0 Å². The van der Waals surface area contributed by atoms with E-state index in [0.717, 1.165) is 31.5 Å². The van der Waals surface area contributed by atoms with E-state index in [2.05, 4.69) is 60.6 Å². The molecule has 1 amide bonds. The molecule has 174 valence electrons. The van der Waals surface area contributed by atoms with Gasteiger partial charge in [0.2, 0.25) is 5.91 Å². The van der Waals surface area contributed by atoms with Crippen LogP contribution in [-0.2, 0) is 17.9 Å². The van der Waals surface area contributed by atoms with E-state index in [1.54, 1.807) is 6.07 Å². The molecule has 6 heteroatoms. The highest BCUT2D eigenvalue weighted by molar-refractivity contribution is 6.42. The van der Waals surface area contributed by atoms with Crippen molar-refractivity contribution in [3.05, 3.63) is 69.7 Å². The predicted molar refractivity (Wildman–Crippen MR) is 135 cm³/mol. The van der Waals surface area contributed by atoms with Crippen LogP contribution in [-0.4, -0.2) is 35.1 Å². The van der Waals surface area contributed by atoms with Crippen molar-refractivity contribution in [2.45, 2.75) is 51.4 Å². The minimum atomic E-state index is -0.709. The Balaban J connectivity index is 1.43. The Labute approximate surface area is 206 Å². The van der Waals surface area contributed by atoms with Crippen LogP contribution in [0.3, 0.4) is 0 Å². The molecule has 6 rings (SSSR count). The number of aliphatic imine (C=N–C) groups is 1. The van der Waals surface area contributed by atoms with E-state index < -0.39 is 5.54 Å². The van der Waals surface area contributed by atoms with Crippen molar-refractivity contribution in [2.75, 3.05) is 6.54 Å². The summed E-state index contributed by atoms with van der Waals surface area (Å²) in [5.74, 6) is 1.78. The van der Waals surface area contributed by atoms with E-state index in [9.17, 15) is 4.79 Å². The third-order valence-electron chi connectivity index (χ3n) is 7.69. The normalized spacial score (nSPS) is 30.2. The summed E-state index contributed by atoms with van der Waals surface area (Å²) in [4.78, 5) is 21.4. The quantitative estimate of drug-likeness (QED) is 0.555. The minimum Gasteiger partial charge on any atom is -0.350 e. The van der Waals surface area contributed by atoms with E-state index in [4.69, 9.17) is 28.2 Å². The standard InChI is InChI=1S/C27H31Cl2N3O/c1-17(2)10-22-20-12-21-16-32(15-18-6-4-3-5-7-18)25(22)27(21,31-14-20)26(33)30-13-19-8-9-23(28)24(29)11-19/h3-9,11,14,17,20-22,25H,10,12-13,15-16H2,1-2H3,(H,30,33)/t20-,21-,22+,25-,27-/m0/s1. The molecule has 5 atom stereocenters. The number of benzene rings is 2. The minimum absolute atomic E-state index is 0.0438. The maximum Gasteiger partial charge on any atom is 0.250 e. The van der Waals surface area contributed by atoms with Gasteiger partial charge in [-0.25, -0.2) is 0 Å². The molecule has 0 spiro atoms. The fourth-order valence-corrected chi connectivity index (χ4v) is 6.72. The van der Waals surface area contributed by atoms with Crippen molar-refractivity contribution in [1.29, 1.82) is 0 Å². The third-order valence-corrected chi connectivity index (χ3v) is 8.43. The Morgan fingerprint density at radius 3 is 2.67 bits per heavy atom. The maximum absolute atomic E-state index is 13.9. The van der Waals surface area contributed by atoms with E-state index >= 15 is 0 Å². The molecule has 33 heavy (non-hydrogen) atoms. The molecule has 4 nitrogen and oxygen atoms in total. The van der Waals surface area contributed by atoms with Crippen LogP contribution in [0.15, 0.2) is 53.5 Å². The van der Waals surface area contributed by atoms with Crippen LogP contribution >= 0.6 is 23.2 Å². The summed E-state index contributed by atoms with van der Waals surface area (Å²) < 4.78 is 0. The van der Waals surface area contributed by atoms with Gasteiger partial charge in [0.1, 0.15) is 0 Å². The Morgan fingerprint density at radius 2 is 1.94 bits per heavy atom.